The number of aromatic nitrogens is 4. The molecule has 0 saturated carbocycles. The molecular weight excluding hydrogens is 428 g/mol. The molecule has 4 aromatic rings. The van der Waals surface area contributed by atoms with Crippen LogP contribution >= 0.6 is 0 Å². The highest BCUT2D eigenvalue weighted by atomic mass is 16.5. The summed E-state index contributed by atoms with van der Waals surface area (Å²) in [5.74, 6) is 1.53. The molecular formula is C26H30N6O2. The third kappa shape index (κ3) is 4.68. The van der Waals surface area contributed by atoms with Crippen molar-refractivity contribution in [2.45, 2.75) is 12.8 Å². The van der Waals surface area contributed by atoms with Crippen molar-refractivity contribution < 1.29 is 9.47 Å². The smallest absolute Gasteiger partial charge is 0.124 e. The van der Waals surface area contributed by atoms with Crippen LogP contribution in [0.3, 0.4) is 0 Å². The van der Waals surface area contributed by atoms with Crippen molar-refractivity contribution in [1.29, 1.82) is 0 Å². The second kappa shape index (κ2) is 9.69. The number of methoxy groups -OCH3 is 2. The fourth-order valence-corrected chi connectivity index (χ4v) is 4.46. The molecule has 0 radical (unpaired) electrons. The van der Waals surface area contributed by atoms with Gasteiger partial charge in [-0.3, -0.25) is 9.67 Å². The number of ether oxygens (including phenoxy) is 2. The number of hydrogen-bond acceptors (Lipinski definition) is 7. The van der Waals surface area contributed by atoms with Crippen molar-refractivity contribution in [1.82, 2.24) is 24.6 Å². The Morgan fingerprint density at radius 1 is 0.912 bits per heavy atom. The number of fused-ring (bicyclic) bond motifs is 1. The predicted octanol–water partition coefficient (Wildman–Crippen LogP) is 4.28. The average molecular weight is 459 g/mol. The van der Waals surface area contributed by atoms with Gasteiger partial charge in [-0.2, -0.15) is 5.10 Å². The molecule has 0 unspecified atom stereocenters. The van der Waals surface area contributed by atoms with E-state index in [9.17, 15) is 0 Å². The Morgan fingerprint density at radius 2 is 1.68 bits per heavy atom. The standard InChI is InChI=1S/C26H30N6O2/c1-30-18-19(16-28-30)26-17-27-24-7-6-20(14-25(24)29-26)32(11-10-31-8-4-5-9-31)21-12-22(33-2)15-23(13-21)34-3/h6-7,12-18H,4-5,8-11H2,1-3H3. The lowest BCUT2D eigenvalue weighted by Gasteiger charge is -2.28. The van der Waals surface area contributed by atoms with Crippen LogP contribution in [-0.4, -0.2) is 65.0 Å². The van der Waals surface area contributed by atoms with E-state index in [-0.39, 0.29) is 0 Å². The minimum Gasteiger partial charge on any atom is -0.497 e. The van der Waals surface area contributed by atoms with E-state index in [1.807, 2.05) is 31.6 Å². The lowest BCUT2D eigenvalue weighted by Crippen LogP contribution is -2.31. The summed E-state index contributed by atoms with van der Waals surface area (Å²) in [4.78, 5) is 14.4. The molecule has 8 nitrogen and oxygen atoms in total. The zero-order valence-corrected chi connectivity index (χ0v) is 19.9. The number of aryl methyl sites for hydroxylation is 1. The maximum atomic E-state index is 5.55. The summed E-state index contributed by atoms with van der Waals surface area (Å²) in [6, 6.07) is 12.2. The van der Waals surface area contributed by atoms with E-state index in [2.05, 4.69) is 44.1 Å². The van der Waals surface area contributed by atoms with Crippen LogP contribution in [0.15, 0.2) is 55.0 Å². The van der Waals surface area contributed by atoms with E-state index < -0.39 is 0 Å². The first-order valence-corrected chi connectivity index (χ1v) is 11.6. The van der Waals surface area contributed by atoms with Crippen LogP contribution in [-0.2, 0) is 7.05 Å². The van der Waals surface area contributed by atoms with Crippen molar-refractivity contribution in [2.24, 2.45) is 7.05 Å². The van der Waals surface area contributed by atoms with Crippen LogP contribution in [0.1, 0.15) is 12.8 Å². The SMILES string of the molecule is COc1cc(OC)cc(N(CCN2CCCC2)c2ccc3ncc(-c4cnn(C)c4)nc3c2)c1. The maximum Gasteiger partial charge on any atom is 0.124 e. The minimum absolute atomic E-state index is 0.764. The topological polar surface area (TPSA) is 68.5 Å². The molecule has 1 saturated heterocycles. The van der Waals surface area contributed by atoms with Crippen molar-refractivity contribution in [3.8, 4) is 22.8 Å². The fraction of sp³-hybridized carbons (Fsp3) is 0.346. The van der Waals surface area contributed by atoms with Crippen LogP contribution in [0, 0.1) is 0 Å². The van der Waals surface area contributed by atoms with Gasteiger partial charge in [0, 0.05) is 61.5 Å². The molecule has 1 fully saturated rings. The van der Waals surface area contributed by atoms with Crippen LogP contribution in [0.5, 0.6) is 11.5 Å². The molecule has 34 heavy (non-hydrogen) atoms. The molecule has 1 aliphatic rings. The van der Waals surface area contributed by atoms with Gasteiger partial charge in [0.1, 0.15) is 11.5 Å². The maximum absolute atomic E-state index is 5.55. The summed E-state index contributed by atoms with van der Waals surface area (Å²) in [5.41, 5.74) is 5.54. The predicted molar refractivity (Wildman–Crippen MR) is 134 cm³/mol. The molecule has 0 N–H and O–H groups in total. The van der Waals surface area contributed by atoms with Gasteiger partial charge in [-0.25, -0.2) is 4.98 Å². The third-order valence-electron chi connectivity index (χ3n) is 6.32. The molecule has 5 rings (SSSR count). The first-order chi connectivity index (χ1) is 16.6. The van der Waals surface area contributed by atoms with Crippen molar-refractivity contribution in [3.63, 3.8) is 0 Å². The third-order valence-corrected chi connectivity index (χ3v) is 6.32. The summed E-state index contributed by atoms with van der Waals surface area (Å²) < 4.78 is 12.9. The quantitative estimate of drug-likeness (QED) is 0.390. The number of rotatable bonds is 8. The van der Waals surface area contributed by atoms with Gasteiger partial charge in [0.15, 0.2) is 0 Å². The van der Waals surface area contributed by atoms with Gasteiger partial charge in [-0.1, -0.05) is 0 Å². The molecule has 2 aromatic heterocycles. The largest absolute Gasteiger partial charge is 0.497 e. The highest BCUT2D eigenvalue weighted by molar-refractivity contribution is 5.82. The second-order valence-electron chi connectivity index (χ2n) is 8.60. The van der Waals surface area contributed by atoms with Crippen LogP contribution < -0.4 is 14.4 Å². The molecule has 0 aliphatic carbocycles. The van der Waals surface area contributed by atoms with Crippen LogP contribution in [0.2, 0.25) is 0 Å². The molecule has 8 heteroatoms. The van der Waals surface area contributed by atoms with E-state index in [1.54, 1.807) is 25.1 Å². The Labute approximate surface area is 199 Å². The van der Waals surface area contributed by atoms with Gasteiger partial charge in [0.2, 0.25) is 0 Å². The molecule has 2 aromatic carbocycles. The lowest BCUT2D eigenvalue weighted by atomic mass is 10.2. The Kier molecular flexibility index (Phi) is 6.31. The monoisotopic (exact) mass is 458 g/mol. The van der Waals surface area contributed by atoms with Gasteiger partial charge >= 0.3 is 0 Å². The Bertz CT molecular complexity index is 1260. The minimum atomic E-state index is 0.764. The van der Waals surface area contributed by atoms with E-state index in [4.69, 9.17) is 14.5 Å². The van der Waals surface area contributed by atoms with E-state index in [0.717, 1.165) is 71.3 Å². The Morgan fingerprint density at radius 3 is 2.35 bits per heavy atom. The van der Waals surface area contributed by atoms with Gasteiger partial charge in [-0.05, 0) is 44.1 Å². The molecule has 0 spiro atoms. The van der Waals surface area contributed by atoms with Gasteiger partial charge < -0.3 is 19.3 Å². The van der Waals surface area contributed by atoms with Crippen molar-refractivity contribution in [2.75, 3.05) is 45.3 Å². The van der Waals surface area contributed by atoms with Crippen LogP contribution in [0.4, 0.5) is 11.4 Å². The first kappa shape index (κ1) is 22.2. The highest BCUT2D eigenvalue weighted by Gasteiger charge is 2.17. The summed E-state index contributed by atoms with van der Waals surface area (Å²) in [6.45, 7) is 4.15. The number of nitrogens with zero attached hydrogens (tertiary/aromatic N) is 6. The first-order valence-electron chi connectivity index (χ1n) is 11.6. The van der Waals surface area contributed by atoms with E-state index in [0.29, 0.717) is 0 Å². The van der Waals surface area contributed by atoms with Gasteiger partial charge in [0.25, 0.3) is 0 Å². The molecule has 0 atom stereocenters. The zero-order valence-electron chi connectivity index (χ0n) is 19.9. The van der Waals surface area contributed by atoms with Crippen molar-refractivity contribution >= 4 is 22.4 Å². The fourth-order valence-electron chi connectivity index (χ4n) is 4.46. The molecule has 0 amide bonds. The normalized spacial score (nSPS) is 14.0. The molecule has 176 valence electrons. The number of hydrogen-bond donors (Lipinski definition) is 0. The summed E-state index contributed by atoms with van der Waals surface area (Å²) in [5, 5.41) is 4.27. The zero-order chi connectivity index (χ0) is 23.5. The molecule has 1 aliphatic heterocycles. The van der Waals surface area contributed by atoms with Crippen molar-refractivity contribution in [3.05, 3.63) is 55.0 Å². The number of anilines is 2. The molecule has 0 bridgehead atoms. The average Bonchev–Trinajstić information content (AvgIpc) is 3.55. The number of benzene rings is 2. The van der Waals surface area contributed by atoms with E-state index >= 15 is 0 Å². The lowest BCUT2D eigenvalue weighted by molar-refractivity contribution is 0.348. The van der Waals surface area contributed by atoms with Gasteiger partial charge in [-0.15, -0.1) is 0 Å². The Balaban J connectivity index is 1.54. The van der Waals surface area contributed by atoms with E-state index in [1.165, 1.54) is 12.8 Å². The van der Waals surface area contributed by atoms with Gasteiger partial charge in [0.05, 0.1) is 43.3 Å². The summed E-state index contributed by atoms with van der Waals surface area (Å²) >= 11 is 0. The Hall–Kier alpha value is -3.65. The number of likely N-dealkylation sites (tertiary alicyclic amines) is 1. The summed E-state index contributed by atoms with van der Waals surface area (Å²) in [6.07, 6.45) is 8.11. The highest BCUT2D eigenvalue weighted by Crippen LogP contribution is 2.34. The summed E-state index contributed by atoms with van der Waals surface area (Å²) in [7, 11) is 5.26. The van der Waals surface area contributed by atoms with Crippen LogP contribution in [0.25, 0.3) is 22.3 Å². The molecule has 3 heterocycles. The second-order valence-corrected chi connectivity index (χ2v) is 8.60.